The predicted octanol–water partition coefficient (Wildman–Crippen LogP) is 2.59. The van der Waals surface area contributed by atoms with Crippen LogP contribution >= 0.6 is 0 Å². The molecule has 2 N–H and O–H groups in total. The van der Waals surface area contributed by atoms with E-state index in [1.54, 1.807) is 0 Å². The van der Waals surface area contributed by atoms with E-state index in [2.05, 4.69) is 43.2 Å². The standard InChI is InChI=1S/C15H21N3/c1-10-6-5-7-13(8-10)9-14(16)15-11(2)17-18(4)12(15)3/h5-8,14H,9,16H2,1-4H3. The molecular formula is C15H21N3. The first-order valence-corrected chi connectivity index (χ1v) is 6.30. The third kappa shape index (κ3) is 2.46. The van der Waals surface area contributed by atoms with E-state index in [1.165, 1.54) is 16.7 Å². The van der Waals surface area contributed by atoms with Crippen LogP contribution in [-0.2, 0) is 13.5 Å². The quantitative estimate of drug-likeness (QED) is 0.900. The molecule has 2 rings (SSSR count). The fourth-order valence-electron chi connectivity index (χ4n) is 2.52. The molecule has 0 aliphatic carbocycles. The van der Waals surface area contributed by atoms with E-state index in [9.17, 15) is 0 Å². The lowest BCUT2D eigenvalue weighted by Gasteiger charge is -2.13. The van der Waals surface area contributed by atoms with Gasteiger partial charge >= 0.3 is 0 Å². The van der Waals surface area contributed by atoms with Crippen LogP contribution in [0, 0.1) is 20.8 Å². The molecule has 0 aliphatic rings. The first-order chi connectivity index (χ1) is 8.49. The number of nitrogens with two attached hydrogens (primary N) is 1. The Labute approximate surface area is 109 Å². The van der Waals surface area contributed by atoms with Crippen molar-refractivity contribution in [3.63, 3.8) is 0 Å². The second-order valence-electron chi connectivity index (χ2n) is 5.01. The topological polar surface area (TPSA) is 43.8 Å². The lowest BCUT2D eigenvalue weighted by Crippen LogP contribution is -2.15. The summed E-state index contributed by atoms with van der Waals surface area (Å²) in [6.45, 7) is 6.21. The molecule has 1 heterocycles. The molecule has 3 nitrogen and oxygen atoms in total. The van der Waals surface area contributed by atoms with E-state index in [1.807, 2.05) is 18.7 Å². The van der Waals surface area contributed by atoms with E-state index in [0.717, 1.165) is 17.8 Å². The van der Waals surface area contributed by atoms with Gasteiger partial charge in [-0.3, -0.25) is 4.68 Å². The number of hydrogen-bond acceptors (Lipinski definition) is 2. The van der Waals surface area contributed by atoms with Crippen LogP contribution < -0.4 is 5.73 Å². The summed E-state index contributed by atoms with van der Waals surface area (Å²) < 4.78 is 1.90. The molecule has 3 heteroatoms. The molecule has 1 atom stereocenters. The molecule has 96 valence electrons. The zero-order chi connectivity index (χ0) is 13.3. The second-order valence-corrected chi connectivity index (χ2v) is 5.01. The average molecular weight is 243 g/mol. The number of aromatic nitrogens is 2. The Morgan fingerprint density at radius 1 is 1.28 bits per heavy atom. The highest BCUT2D eigenvalue weighted by molar-refractivity contribution is 5.31. The van der Waals surface area contributed by atoms with Gasteiger partial charge in [-0.05, 0) is 32.8 Å². The third-order valence-electron chi connectivity index (χ3n) is 3.47. The van der Waals surface area contributed by atoms with E-state index in [0.29, 0.717) is 0 Å². The normalized spacial score (nSPS) is 12.7. The summed E-state index contributed by atoms with van der Waals surface area (Å²) in [7, 11) is 1.96. The average Bonchev–Trinajstić information content (AvgIpc) is 2.53. The number of nitrogens with zero attached hydrogens (tertiary/aromatic N) is 2. The smallest absolute Gasteiger partial charge is 0.0644 e. The lowest BCUT2D eigenvalue weighted by molar-refractivity contribution is 0.700. The summed E-state index contributed by atoms with van der Waals surface area (Å²) in [4.78, 5) is 0. The summed E-state index contributed by atoms with van der Waals surface area (Å²) in [6.07, 6.45) is 0.856. The lowest BCUT2D eigenvalue weighted by atomic mass is 9.97. The van der Waals surface area contributed by atoms with Gasteiger partial charge in [0, 0.05) is 24.3 Å². The van der Waals surface area contributed by atoms with E-state index in [-0.39, 0.29) is 6.04 Å². The van der Waals surface area contributed by atoms with E-state index in [4.69, 9.17) is 5.73 Å². The number of hydrogen-bond donors (Lipinski definition) is 1. The van der Waals surface area contributed by atoms with Crippen molar-refractivity contribution >= 4 is 0 Å². The molecule has 0 fully saturated rings. The van der Waals surface area contributed by atoms with Gasteiger partial charge in [-0.25, -0.2) is 0 Å². The van der Waals surface area contributed by atoms with Crippen molar-refractivity contribution < 1.29 is 0 Å². The molecule has 0 saturated heterocycles. The monoisotopic (exact) mass is 243 g/mol. The first-order valence-electron chi connectivity index (χ1n) is 6.30. The zero-order valence-electron chi connectivity index (χ0n) is 11.6. The Morgan fingerprint density at radius 3 is 2.56 bits per heavy atom. The van der Waals surface area contributed by atoms with Gasteiger partial charge in [0.15, 0.2) is 0 Å². The first kappa shape index (κ1) is 12.8. The van der Waals surface area contributed by atoms with Gasteiger partial charge in [-0.2, -0.15) is 5.10 Å². The van der Waals surface area contributed by atoms with Crippen molar-refractivity contribution in [2.45, 2.75) is 33.2 Å². The van der Waals surface area contributed by atoms with E-state index < -0.39 is 0 Å². The fraction of sp³-hybridized carbons (Fsp3) is 0.400. The number of rotatable bonds is 3. The molecular weight excluding hydrogens is 222 g/mol. The van der Waals surface area contributed by atoms with Crippen molar-refractivity contribution in [1.82, 2.24) is 9.78 Å². The highest BCUT2D eigenvalue weighted by Gasteiger charge is 2.16. The Hall–Kier alpha value is -1.61. The van der Waals surface area contributed by atoms with Crippen LogP contribution in [0.3, 0.4) is 0 Å². The Kier molecular flexibility index (Phi) is 3.53. The van der Waals surface area contributed by atoms with Gasteiger partial charge in [0.1, 0.15) is 0 Å². The molecule has 18 heavy (non-hydrogen) atoms. The molecule has 1 aromatic carbocycles. The Balaban J connectivity index is 2.24. The maximum absolute atomic E-state index is 6.34. The summed E-state index contributed by atoms with van der Waals surface area (Å²) >= 11 is 0. The van der Waals surface area contributed by atoms with Crippen LogP contribution in [0.15, 0.2) is 24.3 Å². The number of aryl methyl sites for hydroxylation is 3. The van der Waals surface area contributed by atoms with Gasteiger partial charge in [0.05, 0.1) is 5.69 Å². The van der Waals surface area contributed by atoms with Crippen LogP contribution in [0.2, 0.25) is 0 Å². The van der Waals surface area contributed by atoms with Gasteiger partial charge < -0.3 is 5.73 Å². The van der Waals surface area contributed by atoms with Crippen molar-refractivity contribution in [3.05, 3.63) is 52.3 Å². The Morgan fingerprint density at radius 2 is 2.00 bits per heavy atom. The van der Waals surface area contributed by atoms with Gasteiger partial charge in [-0.1, -0.05) is 29.8 Å². The summed E-state index contributed by atoms with van der Waals surface area (Å²) in [6, 6.07) is 8.53. The molecule has 0 spiro atoms. The molecule has 2 aromatic rings. The van der Waals surface area contributed by atoms with Crippen LogP contribution in [-0.4, -0.2) is 9.78 Å². The number of benzene rings is 1. The van der Waals surface area contributed by atoms with Gasteiger partial charge in [0.25, 0.3) is 0 Å². The van der Waals surface area contributed by atoms with Crippen LogP contribution in [0.1, 0.15) is 34.1 Å². The van der Waals surface area contributed by atoms with Crippen molar-refractivity contribution in [2.24, 2.45) is 12.8 Å². The van der Waals surface area contributed by atoms with Gasteiger partial charge in [0.2, 0.25) is 0 Å². The van der Waals surface area contributed by atoms with Crippen molar-refractivity contribution in [2.75, 3.05) is 0 Å². The highest BCUT2D eigenvalue weighted by atomic mass is 15.3. The third-order valence-corrected chi connectivity index (χ3v) is 3.47. The predicted molar refractivity (Wildman–Crippen MR) is 74.5 cm³/mol. The van der Waals surface area contributed by atoms with Crippen molar-refractivity contribution in [1.29, 1.82) is 0 Å². The molecule has 0 bridgehead atoms. The maximum Gasteiger partial charge on any atom is 0.0644 e. The molecule has 1 aromatic heterocycles. The minimum Gasteiger partial charge on any atom is -0.324 e. The molecule has 0 saturated carbocycles. The zero-order valence-corrected chi connectivity index (χ0v) is 11.6. The van der Waals surface area contributed by atoms with E-state index >= 15 is 0 Å². The van der Waals surface area contributed by atoms with Crippen LogP contribution in [0.5, 0.6) is 0 Å². The molecule has 1 unspecified atom stereocenters. The maximum atomic E-state index is 6.34. The molecule has 0 amide bonds. The molecule has 0 radical (unpaired) electrons. The minimum absolute atomic E-state index is 0.0144. The summed E-state index contributed by atoms with van der Waals surface area (Å²) in [5.41, 5.74) is 12.3. The summed E-state index contributed by atoms with van der Waals surface area (Å²) in [5.74, 6) is 0. The summed E-state index contributed by atoms with van der Waals surface area (Å²) in [5, 5.41) is 4.43. The van der Waals surface area contributed by atoms with Gasteiger partial charge in [-0.15, -0.1) is 0 Å². The van der Waals surface area contributed by atoms with Crippen molar-refractivity contribution in [3.8, 4) is 0 Å². The van der Waals surface area contributed by atoms with Crippen LogP contribution in [0.25, 0.3) is 0 Å². The fourth-order valence-corrected chi connectivity index (χ4v) is 2.52. The molecule has 0 aliphatic heterocycles. The largest absolute Gasteiger partial charge is 0.324 e. The second kappa shape index (κ2) is 4.94. The minimum atomic E-state index is 0.0144. The SMILES string of the molecule is Cc1cccc(CC(N)c2c(C)nn(C)c2C)c1. The highest BCUT2D eigenvalue weighted by Crippen LogP contribution is 2.22. The van der Waals surface area contributed by atoms with Crippen LogP contribution in [0.4, 0.5) is 0 Å². The Bertz CT molecular complexity index is 555.